The average Bonchev–Trinajstić information content (AvgIpc) is 3.13. The maximum atomic E-state index is 13.4. The SMILES string of the molecule is COc1ccc(-c2cc(C(F)(F)F)nn2-c2ccc(S(N)(=O)=O)c(CCO)c2)cc1Cl. The van der Waals surface area contributed by atoms with Gasteiger partial charge in [-0.1, -0.05) is 11.6 Å². The number of halogens is 4. The Hall–Kier alpha value is -2.60. The Balaban J connectivity index is 2.24. The summed E-state index contributed by atoms with van der Waals surface area (Å²) in [7, 11) is -2.69. The fraction of sp³-hybridized carbons (Fsp3) is 0.211. The van der Waals surface area contributed by atoms with Gasteiger partial charge < -0.3 is 9.84 Å². The molecule has 3 rings (SSSR count). The largest absolute Gasteiger partial charge is 0.495 e. The van der Waals surface area contributed by atoms with E-state index in [1.54, 1.807) is 0 Å². The Morgan fingerprint density at radius 2 is 1.90 bits per heavy atom. The molecule has 12 heteroatoms. The van der Waals surface area contributed by atoms with E-state index in [0.29, 0.717) is 11.3 Å². The van der Waals surface area contributed by atoms with Crippen molar-refractivity contribution in [1.82, 2.24) is 9.78 Å². The fourth-order valence-corrected chi connectivity index (χ4v) is 4.08. The number of methoxy groups -OCH3 is 1. The zero-order chi connectivity index (χ0) is 23.0. The first-order valence-electron chi connectivity index (χ1n) is 8.74. The van der Waals surface area contributed by atoms with E-state index in [1.807, 2.05) is 0 Å². The maximum absolute atomic E-state index is 13.4. The normalized spacial score (nSPS) is 12.2. The predicted octanol–water partition coefficient (Wildman–Crippen LogP) is 3.40. The van der Waals surface area contributed by atoms with Crippen molar-refractivity contribution in [3.63, 3.8) is 0 Å². The van der Waals surface area contributed by atoms with Crippen LogP contribution in [-0.2, 0) is 22.6 Å². The summed E-state index contributed by atoms with van der Waals surface area (Å²) in [6.07, 6.45) is -4.79. The van der Waals surface area contributed by atoms with Gasteiger partial charge in [-0.25, -0.2) is 18.2 Å². The van der Waals surface area contributed by atoms with Crippen molar-refractivity contribution in [3.05, 3.63) is 58.7 Å². The monoisotopic (exact) mass is 475 g/mol. The molecule has 0 spiro atoms. The van der Waals surface area contributed by atoms with Gasteiger partial charge >= 0.3 is 6.18 Å². The number of hydrogen-bond acceptors (Lipinski definition) is 5. The summed E-state index contributed by atoms with van der Waals surface area (Å²) in [5, 5.41) is 18.3. The van der Waals surface area contributed by atoms with Crippen LogP contribution in [0.15, 0.2) is 47.4 Å². The molecular weight excluding hydrogens is 459 g/mol. The van der Waals surface area contributed by atoms with Crippen molar-refractivity contribution in [3.8, 4) is 22.7 Å². The van der Waals surface area contributed by atoms with Gasteiger partial charge in [0.15, 0.2) is 5.69 Å². The van der Waals surface area contributed by atoms with Crippen LogP contribution in [0.3, 0.4) is 0 Å². The highest BCUT2D eigenvalue weighted by Crippen LogP contribution is 2.36. The number of benzene rings is 2. The Morgan fingerprint density at radius 1 is 1.19 bits per heavy atom. The molecule has 2 aromatic carbocycles. The van der Waals surface area contributed by atoms with E-state index in [9.17, 15) is 26.7 Å². The average molecular weight is 476 g/mol. The van der Waals surface area contributed by atoms with Gasteiger partial charge in [0.25, 0.3) is 0 Å². The number of aliphatic hydroxyl groups is 1. The van der Waals surface area contributed by atoms with Crippen LogP contribution in [0.1, 0.15) is 11.3 Å². The van der Waals surface area contributed by atoms with Gasteiger partial charge in [-0.05, 0) is 54.4 Å². The molecule has 0 unspecified atom stereocenters. The molecule has 0 aliphatic carbocycles. The minimum Gasteiger partial charge on any atom is -0.495 e. The molecule has 0 fully saturated rings. The van der Waals surface area contributed by atoms with E-state index in [4.69, 9.17) is 21.5 Å². The van der Waals surface area contributed by atoms with Gasteiger partial charge in [-0.3, -0.25) is 0 Å². The third-order valence-corrected chi connectivity index (χ3v) is 5.73. The molecule has 0 aliphatic heterocycles. The summed E-state index contributed by atoms with van der Waals surface area (Å²) in [5.41, 5.74) is -0.463. The van der Waals surface area contributed by atoms with Crippen LogP contribution in [0.5, 0.6) is 5.75 Å². The lowest BCUT2D eigenvalue weighted by Gasteiger charge is -2.13. The second kappa shape index (κ2) is 8.50. The van der Waals surface area contributed by atoms with Gasteiger partial charge in [0, 0.05) is 12.2 Å². The zero-order valence-electron chi connectivity index (χ0n) is 16.0. The summed E-state index contributed by atoms with van der Waals surface area (Å²) in [5.74, 6) is 0.343. The molecule has 31 heavy (non-hydrogen) atoms. The number of rotatable bonds is 6. The van der Waals surface area contributed by atoms with Crippen molar-refractivity contribution in [2.24, 2.45) is 5.14 Å². The molecule has 3 N–H and O–H groups in total. The Labute approximate surface area is 180 Å². The van der Waals surface area contributed by atoms with Crippen molar-refractivity contribution in [2.75, 3.05) is 13.7 Å². The van der Waals surface area contributed by atoms with Gasteiger partial charge in [-0.2, -0.15) is 18.3 Å². The molecule has 0 saturated heterocycles. The summed E-state index contributed by atoms with van der Waals surface area (Å²) in [6.45, 7) is -0.389. The number of ether oxygens (including phenoxy) is 1. The predicted molar refractivity (Wildman–Crippen MR) is 108 cm³/mol. The molecule has 166 valence electrons. The van der Waals surface area contributed by atoms with Crippen LogP contribution in [0.2, 0.25) is 5.02 Å². The Morgan fingerprint density at radius 3 is 2.45 bits per heavy atom. The lowest BCUT2D eigenvalue weighted by atomic mass is 10.1. The number of primary sulfonamides is 1. The van der Waals surface area contributed by atoms with E-state index in [-0.39, 0.29) is 39.9 Å². The van der Waals surface area contributed by atoms with Crippen LogP contribution in [0.25, 0.3) is 16.9 Å². The molecule has 1 heterocycles. The van der Waals surface area contributed by atoms with Gasteiger partial charge in [0.2, 0.25) is 10.0 Å². The molecule has 1 aromatic heterocycles. The van der Waals surface area contributed by atoms with Crippen molar-refractivity contribution in [1.29, 1.82) is 0 Å². The van der Waals surface area contributed by atoms with Gasteiger partial charge in [0.05, 0.1) is 28.4 Å². The Kier molecular flexibility index (Phi) is 6.33. The highest BCUT2D eigenvalue weighted by Gasteiger charge is 2.35. The Bertz CT molecular complexity index is 1230. The van der Waals surface area contributed by atoms with E-state index >= 15 is 0 Å². The third kappa shape index (κ3) is 4.85. The molecule has 3 aromatic rings. The number of nitrogens with two attached hydrogens (primary N) is 1. The molecule has 0 atom stereocenters. The second-order valence-electron chi connectivity index (χ2n) is 6.48. The van der Waals surface area contributed by atoms with E-state index < -0.39 is 21.9 Å². The molecule has 0 aliphatic rings. The number of aliphatic hydroxyl groups excluding tert-OH is 1. The van der Waals surface area contributed by atoms with Crippen LogP contribution in [0, 0.1) is 0 Å². The molecule has 0 amide bonds. The number of hydrogen-bond donors (Lipinski definition) is 2. The smallest absolute Gasteiger partial charge is 0.435 e. The maximum Gasteiger partial charge on any atom is 0.435 e. The van der Waals surface area contributed by atoms with Crippen molar-refractivity contribution >= 4 is 21.6 Å². The van der Waals surface area contributed by atoms with E-state index in [0.717, 1.165) is 16.8 Å². The molecule has 0 saturated carbocycles. The van der Waals surface area contributed by atoms with Crippen LogP contribution < -0.4 is 9.88 Å². The molecular formula is C19H17ClF3N3O4S. The number of alkyl halides is 3. The first-order valence-corrected chi connectivity index (χ1v) is 10.7. The standard InChI is InChI=1S/C19H17ClF3N3O4S/c1-30-16-4-2-11(9-14(16)20)15-10-18(19(21,22)23)25-26(15)13-3-5-17(31(24,28)29)12(8-13)6-7-27/h2-5,8-10,27H,6-7H2,1H3,(H2,24,28,29). The lowest BCUT2D eigenvalue weighted by Crippen LogP contribution is -2.16. The quantitative estimate of drug-likeness (QED) is 0.568. The summed E-state index contributed by atoms with van der Waals surface area (Å²) in [6, 6.07) is 9.07. The van der Waals surface area contributed by atoms with Crippen LogP contribution in [-0.4, -0.2) is 37.0 Å². The minimum absolute atomic E-state index is 0.0650. The highest BCUT2D eigenvalue weighted by molar-refractivity contribution is 7.89. The molecule has 7 nitrogen and oxygen atoms in total. The van der Waals surface area contributed by atoms with Crippen molar-refractivity contribution in [2.45, 2.75) is 17.5 Å². The highest BCUT2D eigenvalue weighted by atomic mass is 35.5. The van der Waals surface area contributed by atoms with Crippen LogP contribution >= 0.6 is 11.6 Å². The number of sulfonamides is 1. The molecule has 0 bridgehead atoms. The third-order valence-electron chi connectivity index (χ3n) is 4.42. The summed E-state index contributed by atoms with van der Waals surface area (Å²) < 4.78 is 69.8. The second-order valence-corrected chi connectivity index (χ2v) is 8.42. The summed E-state index contributed by atoms with van der Waals surface area (Å²) in [4.78, 5) is -0.234. The lowest BCUT2D eigenvalue weighted by molar-refractivity contribution is -0.141. The molecule has 0 radical (unpaired) electrons. The first kappa shape index (κ1) is 23.1. The topological polar surface area (TPSA) is 107 Å². The minimum atomic E-state index is -4.72. The number of nitrogens with zero attached hydrogens (tertiary/aromatic N) is 2. The van der Waals surface area contributed by atoms with E-state index in [2.05, 4.69) is 5.10 Å². The van der Waals surface area contributed by atoms with Gasteiger partial charge in [0.1, 0.15) is 5.75 Å². The number of aromatic nitrogens is 2. The fourth-order valence-electron chi connectivity index (χ4n) is 3.04. The van der Waals surface area contributed by atoms with E-state index in [1.165, 1.54) is 37.4 Å². The zero-order valence-corrected chi connectivity index (χ0v) is 17.6. The summed E-state index contributed by atoms with van der Waals surface area (Å²) >= 11 is 6.13. The van der Waals surface area contributed by atoms with Crippen molar-refractivity contribution < 1.29 is 31.4 Å². The van der Waals surface area contributed by atoms with Crippen LogP contribution in [0.4, 0.5) is 13.2 Å². The van der Waals surface area contributed by atoms with Gasteiger partial charge in [-0.15, -0.1) is 0 Å². The first-order chi connectivity index (χ1) is 14.5.